The molecule has 8 nitrogen and oxygen atoms in total. The van der Waals surface area contributed by atoms with E-state index in [2.05, 4.69) is 79.9 Å². The van der Waals surface area contributed by atoms with E-state index in [0.29, 0.717) is 25.5 Å². The number of phosphoric acid groups is 1. The molecule has 0 aliphatic carbocycles. The van der Waals surface area contributed by atoms with E-state index in [1.165, 1.54) is 51.4 Å². The Hall–Kier alpha value is -2.62. The largest absolute Gasteiger partial charge is 0.497 e. The summed E-state index contributed by atoms with van der Waals surface area (Å²) in [6.45, 7) is 3.75. The van der Waals surface area contributed by atoms with Crippen LogP contribution in [0.5, 0.6) is 0 Å². The number of likely N-dealkylation sites (N-methyl/N-ethyl adjacent to an activating group) is 1. The fourth-order valence-corrected chi connectivity index (χ4v) is 6.20. The van der Waals surface area contributed by atoms with Crippen molar-refractivity contribution in [2.75, 3.05) is 33.4 Å². The molecule has 0 amide bonds. The number of unbranched alkanes of at least 4 members (excludes halogenated alkanes) is 12. The highest BCUT2D eigenvalue weighted by Gasteiger charge is 2.26. The van der Waals surface area contributed by atoms with Gasteiger partial charge in [-0.05, 0) is 58.4 Å². The number of ether oxygens (including phenoxy) is 2. The van der Waals surface area contributed by atoms with Crippen LogP contribution in [-0.4, -0.2) is 56.3 Å². The van der Waals surface area contributed by atoms with Gasteiger partial charge in [-0.25, -0.2) is 13.3 Å². The van der Waals surface area contributed by atoms with Crippen LogP contribution in [0.15, 0.2) is 85.3 Å². The lowest BCUT2D eigenvalue weighted by molar-refractivity contribution is -0.153. The van der Waals surface area contributed by atoms with Gasteiger partial charge >= 0.3 is 13.8 Å². The van der Waals surface area contributed by atoms with Crippen LogP contribution in [0.25, 0.3) is 0 Å². The van der Waals surface area contributed by atoms with Crippen molar-refractivity contribution in [3.8, 4) is 0 Å². The average molecular weight is 826 g/mol. The van der Waals surface area contributed by atoms with Crippen LogP contribution in [0.4, 0.5) is 8.78 Å². The van der Waals surface area contributed by atoms with Crippen LogP contribution in [-0.2, 0) is 27.9 Å². The first kappa shape index (κ1) is 54.4. The number of hydrogen-bond donors (Lipinski definition) is 2. The predicted octanol–water partition coefficient (Wildman–Crippen LogP) is 13.4. The molecule has 0 rings (SSSR count). The van der Waals surface area contributed by atoms with Crippen LogP contribution in [0, 0.1) is 0 Å². The molecule has 0 aromatic heterocycles. The smallest absolute Gasteiger partial charge is 0.472 e. The maximum absolute atomic E-state index is 14.5. The van der Waals surface area contributed by atoms with E-state index in [1.807, 2.05) is 12.2 Å². The molecular formula is C46H78F2NO7P. The third-order valence-electron chi connectivity index (χ3n) is 8.74. The van der Waals surface area contributed by atoms with Gasteiger partial charge in [-0.2, -0.15) is 0 Å². The topological polar surface area (TPSA) is 103 Å². The quantitative estimate of drug-likeness (QED) is 0.0207. The number of phosphoric ester groups is 1. The normalized spacial score (nSPS) is 14.5. The molecule has 2 atom stereocenters. The van der Waals surface area contributed by atoms with E-state index in [9.17, 15) is 23.0 Å². The molecule has 57 heavy (non-hydrogen) atoms. The second kappa shape index (κ2) is 40.2. The molecule has 0 fully saturated rings. The van der Waals surface area contributed by atoms with Gasteiger partial charge in [-0.1, -0.05) is 164 Å². The standard InChI is InChI=1S/C46H78F2NO7P/c1-4-6-8-10-12-14-16-18-19-20-21-22-23-24-26-28-30-32-34-36-45(50)56-44(43-55-57(51,52)54-41-39-49-3)42-53-40-38-46(47,48)37-35-33-31-29-27-25-17-15-13-11-9-7-5-2/h6,8,12,14,18-19,21-22,24,26,30,32,38,40,44,49H,4-5,7,9-11,13,15-17,20,23,25,27-29,31,33-37,39,41-43H2,1-3H3,(H,51,52)/b8-6-,14-12-,19-18-,22-21-,26-24-,32-30-,40-38-. The van der Waals surface area contributed by atoms with E-state index < -0.39 is 32.4 Å². The summed E-state index contributed by atoms with van der Waals surface area (Å²) < 4.78 is 61.7. The first-order valence-corrected chi connectivity index (χ1v) is 23.2. The van der Waals surface area contributed by atoms with E-state index in [0.717, 1.165) is 70.5 Å². The third-order valence-corrected chi connectivity index (χ3v) is 9.73. The van der Waals surface area contributed by atoms with Gasteiger partial charge in [0.15, 0.2) is 6.10 Å². The van der Waals surface area contributed by atoms with Crippen molar-refractivity contribution in [2.24, 2.45) is 0 Å². The minimum atomic E-state index is -4.43. The predicted molar refractivity (Wildman–Crippen MR) is 233 cm³/mol. The number of allylic oxidation sites excluding steroid dienone is 13. The molecule has 11 heteroatoms. The number of alkyl halides is 2. The summed E-state index contributed by atoms with van der Waals surface area (Å²) in [4.78, 5) is 22.5. The van der Waals surface area contributed by atoms with Crippen molar-refractivity contribution < 1.29 is 41.6 Å². The second-order valence-electron chi connectivity index (χ2n) is 14.2. The zero-order valence-electron chi connectivity index (χ0n) is 35.6. The molecule has 0 saturated heterocycles. The first-order valence-electron chi connectivity index (χ1n) is 21.7. The van der Waals surface area contributed by atoms with Crippen LogP contribution in [0.2, 0.25) is 0 Å². The van der Waals surface area contributed by atoms with Crippen LogP contribution in [0.1, 0.15) is 155 Å². The Kier molecular flexibility index (Phi) is 38.3. The van der Waals surface area contributed by atoms with Gasteiger partial charge in [0.2, 0.25) is 0 Å². The SMILES string of the molecule is CC/C=C\C/C=C\C/C=C\C/C=C\C/C=C\C/C=C\CCC(=O)OC(CO/C=C\C(F)(F)CCCCCCCCCCCCCCC)COP(=O)(O)OCCNC. The fourth-order valence-electron chi connectivity index (χ4n) is 5.45. The summed E-state index contributed by atoms with van der Waals surface area (Å²) in [5.74, 6) is -3.62. The number of esters is 1. The molecule has 328 valence electrons. The van der Waals surface area contributed by atoms with E-state index in [1.54, 1.807) is 7.05 Å². The van der Waals surface area contributed by atoms with Crippen molar-refractivity contribution in [3.63, 3.8) is 0 Å². The van der Waals surface area contributed by atoms with Crippen molar-refractivity contribution in [3.05, 3.63) is 85.3 Å². The van der Waals surface area contributed by atoms with Gasteiger partial charge < -0.3 is 19.7 Å². The van der Waals surface area contributed by atoms with Crippen LogP contribution in [0.3, 0.4) is 0 Å². The van der Waals surface area contributed by atoms with Crippen LogP contribution < -0.4 is 5.32 Å². The summed E-state index contributed by atoms with van der Waals surface area (Å²) in [7, 11) is -2.77. The Bertz CT molecular complexity index is 1200. The lowest BCUT2D eigenvalue weighted by Gasteiger charge is -2.19. The molecule has 0 aromatic carbocycles. The number of halogens is 2. The van der Waals surface area contributed by atoms with Crippen molar-refractivity contribution >= 4 is 13.8 Å². The summed E-state index contributed by atoms with van der Waals surface area (Å²) in [5, 5.41) is 2.78. The van der Waals surface area contributed by atoms with Crippen molar-refractivity contribution in [2.45, 2.75) is 167 Å². The lowest BCUT2D eigenvalue weighted by Crippen LogP contribution is -2.28. The molecule has 0 radical (unpaired) electrons. The summed E-state index contributed by atoms with van der Waals surface area (Å²) in [6.07, 6.45) is 46.1. The molecule has 0 aliphatic heterocycles. The molecule has 2 unspecified atom stereocenters. The zero-order chi connectivity index (χ0) is 42.0. The highest BCUT2D eigenvalue weighted by molar-refractivity contribution is 7.47. The molecule has 0 spiro atoms. The Labute approximate surface area is 345 Å². The number of rotatable bonds is 40. The van der Waals surface area contributed by atoms with Crippen molar-refractivity contribution in [1.82, 2.24) is 5.32 Å². The Morgan fingerprint density at radius 1 is 0.684 bits per heavy atom. The van der Waals surface area contributed by atoms with Gasteiger partial charge in [-0.15, -0.1) is 0 Å². The number of nitrogens with one attached hydrogen (secondary N) is 1. The molecule has 0 aromatic rings. The summed E-state index contributed by atoms with van der Waals surface area (Å²) in [5.41, 5.74) is 0. The molecule has 0 saturated carbocycles. The summed E-state index contributed by atoms with van der Waals surface area (Å²) >= 11 is 0. The zero-order valence-corrected chi connectivity index (χ0v) is 36.5. The average Bonchev–Trinajstić information content (AvgIpc) is 3.18. The van der Waals surface area contributed by atoms with Crippen molar-refractivity contribution in [1.29, 1.82) is 0 Å². The van der Waals surface area contributed by atoms with E-state index in [-0.39, 0.29) is 26.1 Å². The van der Waals surface area contributed by atoms with Gasteiger partial charge in [0.25, 0.3) is 5.92 Å². The monoisotopic (exact) mass is 826 g/mol. The third kappa shape index (κ3) is 41.3. The van der Waals surface area contributed by atoms with Gasteiger partial charge in [-0.3, -0.25) is 13.8 Å². The number of carbonyl (C=O) groups excluding carboxylic acids is 1. The van der Waals surface area contributed by atoms with Gasteiger partial charge in [0.1, 0.15) is 6.61 Å². The maximum atomic E-state index is 14.5. The maximum Gasteiger partial charge on any atom is 0.472 e. The summed E-state index contributed by atoms with van der Waals surface area (Å²) in [6, 6.07) is 0. The highest BCUT2D eigenvalue weighted by Crippen LogP contribution is 2.43. The first-order chi connectivity index (χ1) is 27.7. The van der Waals surface area contributed by atoms with Gasteiger partial charge in [0, 0.05) is 25.5 Å². The Morgan fingerprint density at radius 3 is 1.65 bits per heavy atom. The second-order valence-corrected chi connectivity index (χ2v) is 15.6. The van der Waals surface area contributed by atoms with Gasteiger partial charge in [0.05, 0.1) is 19.5 Å². The molecule has 0 aliphatic rings. The minimum absolute atomic E-state index is 0.0567. The lowest BCUT2D eigenvalue weighted by atomic mass is 10.0. The minimum Gasteiger partial charge on any atom is -0.497 e. The molecule has 0 bridgehead atoms. The molecule has 0 heterocycles. The van der Waals surface area contributed by atoms with E-state index in [4.69, 9.17) is 18.5 Å². The highest BCUT2D eigenvalue weighted by atomic mass is 31.2. The Balaban J connectivity index is 4.52. The number of hydrogen-bond acceptors (Lipinski definition) is 7. The number of carbonyl (C=O) groups is 1. The van der Waals surface area contributed by atoms with Crippen LogP contribution >= 0.6 is 7.82 Å². The fraction of sp³-hybridized carbons (Fsp3) is 0.674. The van der Waals surface area contributed by atoms with E-state index >= 15 is 0 Å². The Morgan fingerprint density at radius 2 is 1.16 bits per heavy atom. The molecular weight excluding hydrogens is 747 g/mol. The molecule has 2 N–H and O–H groups in total.